The van der Waals surface area contributed by atoms with Crippen molar-refractivity contribution in [3.05, 3.63) is 0 Å². The third-order valence-corrected chi connectivity index (χ3v) is 3.20. The SMILES string of the molecule is CCCC(C)(O)CN1CCCC(NC)C1=O. The van der Waals surface area contributed by atoms with Gasteiger partial charge in [-0.05, 0) is 33.2 Å². The number of rotatable bonds is 5. The van der Waals surface area contributed by atoms with Gasteiger partial charge in [0.2, 0.25) is 5.91 Å². The fraction of sp³-hybridized carbons (Fsp3) is 0.917. The number of piperidine rings is 1. The normalized spacial score (nSPS) is 25.6. The van der Waals surface area contributed by atoms with Crippen molar-refractivity contribution in [1.29, 1.82) is 0 Å². The molecule has 1 aliphatic rings. The van der Waals surface area contributed by atoms with Crippen LogP contribution in [0.15, 0.2) is 0 Å². The fourth-order valence-electron chi connectivity index (χ4n) is 2.39. The number of nitrogens with zero attached hydrogens (tertiary/aromatic N) is 1. The Labute approximate surface area is 98.0 Å². The van der Waals surface area contributed by atoms with Crippen LogP contribution in [0.25, 0.3) is 0 Å². The molecule has 2 atom stereocenters. The minimum atomic E-state index is -0.750. The quantitative estimate of drug-likeness (QED) is 0.730. The molecule has 1 rings (SSSR count). The van der Waals surface area contributed by atoms with Crippen LogP contribution in [0.2, 0.25) is 0 Å². The zero-order valence-electron chi connectivity index (χ0n) is 10.6. The molecule has 0 spiro atoms. The molecule has 0 radical (unpaired) electrons. The molecule has 4 nitrogen and oxygen atoms in total. The van der Waals surface area contributed by atoms with Gasteiger partial charge >= 0.3 is 0 Å². The Morgan fingerprint density at radius 3 is 2.88 bits per heavy atom. The van der Waals surface area contributed by atoms with E-state index in [2.05, 4.69) is 5.32 Å². The lowest BCUT2D eigenvalue weighted by molar-refractivity contribution is -0.139. The zero-order chi connectivity index (χ0) is 12.2. The number of amides is 1. The number of likely N-dealkylation sites (N-methyl/N-ethyl adjacent to an activating group) is 1. The predicted octanol–water partition coefficient (Wildman–Crippen LogP) is 0.748. The second-order valence-electron chi connectivity index (χ2n) is 4.99. The Morgan fingerprint density at radius 1 is 1.62 bits per heavy atom. The largest absolute Gasteiger partial charge is 0.388 e. The highest BCUT2D eigenvalue weighted by atomic mass is 16.3. The highest BCUT2D eigenvalue weighted by Crippen LogP contribution is 2.18. The molecule has 0 aromatic carbocycles. The molecule has 1 saturated heterocycles. The maximum Gasteiger partial charge on any atom is 0.239 e. The van der Waals surface area contributed by atoms with E-state index in [4.69, 9.17) is 0 Å². The Morgan fingerprint density at radius 2 is 2.31 bits per heavy atom. The molecule has 1 heterocycles. The van der Waals surface area contributed by atoms with Gasteiger partial charge in [-0.15, -0.1) is 0 Å². The first-order valence-corrected chi connectivity index (χ1v) is 6.18. The van der Waals surface area contributed by atoms with Crippen molar-refractivity contribution in [3.8, 4) is 0 Å². The van der Waals surface area contributed by atoms with E-state index in [1.807, 2.05) is 20.9 Å². The third kappa shape index (κ3) is 3.46. The smallest absolute Gasteiger partial charge is 0.239 e. The standard InChI is InChI=1S/C12H24N2O2/c1-4-7-12(2,16)9-14-8-5-6-10(13-3)11(14)15/h10,13,16H,4-9H2,1-3H3. The van der Waals surface area contributed by atoms with Crippen LogP contribution in [0.1, 0.15) is 39.5 Å². The second-order valence-corrected chi connectivity index (χ2v) is 4.99. The molecule has 2 N–H and O–H groups in total. The van der Waals surface area contributed by atoms with Gasteiger partial charge in [0.1, 0.15) is 0 Å². The summed E-state index contributed by atoms with van der Waals surface area (Å²) in [5, 5.41) is 13.2. The monoisotopic (exact) mass is 228 g/mol. The van der Waals surface area contributed by atoms with Crippen molar-refractivity contribution in [1.82, 2.24) is 10.2 Å². The van der Waals surface area contributed by atoms with Gasteiger partial charge in [-0.2, -0.15) is 0 Å². The summed E-state index contributed by atoms with van der Waals surface area (Å²) in [7, 11) is 1.82. The first kappa shape index (κ1) is 13.5. The van der Waals surface area contributed by atoms with Gasteiger partial charge in [0.15, 0.2) is 0 Å². The summed E-state index contributed by atoms with van der Waals surface area (Å²) in [5.74, 6) is 0.130. The third-order valence-electron chi connectivity index (χ3n) is 3.20. The molecule has 94 valence electrons. The minimum absolute atomic E-state index is 0.0637. The van der Waals surface area contributed by atoms with Gasteiger partial charge in [0, 0.05) is 13.1 Å². The lowest BCUT2D eigenvalue weighted by atomic mass is 9.97. The molecule has 16 heavy (non-hydrogen) atoms. The number of aliphatic hydroxyl groups is 1. The minimum Gasteiger partial charge on any atom is -0.388 e. The maximum atomic E-state index is 12.0. The van der Waals surface area contributed by atoms with Crippen molar-refractivity contribution in [3.63, 3.8) is 0 Å². The number of hydrogen-bond donors (Lipinski definition) is 2. The van der Waals surface area contributed by atoms with Crippen LogP contribution < -0.4 is 5.32 Å². The van der Waals surface area contributed by atoms with Gasteiger partial charge in [0.05, 0.1) is 11.6 Å². The molecule has 0 aliphatic carbocycles. The molecule has 1 fully saturated rings. The van der Waals surface area contributed by atoms with Crippen LogP contribution in [-0.4, -0.2) is 47.7 Å². The molecular weight excluding hydrogens is 204 g/mol. The molecule has 1 amide bonds. The highest BCUT2D eigenvalue weighted by Gasteiger charge is 2.32. The number of likely N-dealkylation sites (tertiary alicyclic amines) is 1. The topological polar surface area (TPSA) is 52.6 Å². The Hall–Kier alpha value is -0.610. The summed E-state index contributed by atoms with van der Waals surface area (Å²) in [5.41, 5.74) is -0.750. The molecule has 0 aromatic rings. The van der Waals surface area contributed by atoms with Gasteiger partial charge in [-0.3, -0.25) is 4.79 Å². The highest BCUT2D eigenvalue weighted by molar-refractivity contribution is 5.82. The van der Waals surface area contributed by atoms with E-state index in [0.29, 0.717) is 6.54 Å². The first-order valence-electron chi connectivity index (χ1n) is 6.18. The van der Waals surface area contributed by atoms with E-state index in [1.165, 1.54) is 0 Å². The zero-order valence-corrected chi connectivity index (χ0v) is 10.6. The molecule has 0 saturated carbocycles. The number of hydrogen-bond acceptors (Lipinski definition) is 3. The Balaban J connectivity index is 2.56. The molecule has 4 heteroatoms. The van der Waals surface area contributed by atoms with Crippen LogP contribution >= 0.6 is 0 Å². The van der Waals surface area contributed by atoms with Crippen LogP contribution in [0.4, 0.5) is 0 Å². The molecule has 0 bridgehead atoms. The van der Waals surface area contributed by atoms with Crippen LogP contribution in [-0.2, 0) is 4.79 Å². The van der Waals surface area contributed by atoms with Crippen LogP contribution in [0.5, 0.6) is 0 Å². The van der Waals surface area contributed by atoms with Crippen molar-refractivity contribution in [2.24, 2.45) is 0 Å². The van der Waals surface area contributed by atoms with Gasteiger partial charge in [-0.25, -0.2) is 0 Å². The van der Waals surface area contributed by atoms with E-state index in [-0.39, 0.29) is 11.9 Å². The average Bonchev–Trinajstić information content (AvgIpc) is 2.21. The molecule has 0 aromatic heterocycles. The summed E-state index contributed by atoms with van der Waals surface area (Å²) < 4.78 is 0. The van der Waals surface area contributed by atoms with Gasteiger partial charge in [-0.1, -0.05) is 13.3 Å². The lowest BCUT2D eigenvalue weighted by Gasteiger charge is -2.36. The Kier molecular flexibility index (Phi) is 4.74. The summed E-state index contributed by atoms with van der Waals surface area (Å²) in [4.78, 5) is 13.8. The molecule has 2 unspecified atom stereocenters. The second kappa shape index (κ2) is 5.64. The van der Waals surface area contributed by atoms with E-state index >= 15 is 0 Å². The summed E-state index contributed by atoms with van der Waals surface area (Å²) >= 11 is 0. The number of β-amino-alcohol motifs (C(OH)–C–C–N with tert-alkyl or cyclic N) is 1. The summed E-state index contributed by atoms with van der Waals surface area (Å²) in [6.07, 6.45) is 3.59. The maximum absolute atomic E-state index is 12.0. The fourth-order valence-corrected chi connectivity index (χ4v) is 2.39. The van der Waals surface area contributed by atoms with Gasteiger partial charge in [0.25, 0.3) is 0 Å². The van der Waals surface area contributed by atoms with E-state index in [9.17, 15) is 9.90 Å². The number of carbonyl (C=O) groups excluding carboxylic acids is 1. The number of nitrogens with one attached hydrogen (secondary N) is 1. The van der Waals surface area contributed by atoms with Crippen molar-refractivity contribution < 1.29 is 9.90 Å². The lowest BCUT2D eigenvalue weighted by Crippen LogP contribution is -2.53. The Bertz CT molecular complexity index is 241. The first-order chi connectivity index (χ1) is 7.50. The summed E-state index contributed by atoms with van der Waals surface area (Å²) in [6, 6.07) is -0.0637. The van der Waals surface area contributed by atoms with E-state index in [1.54, 1.807) is 4.90 Å². The average molecular weight is 228 g/mol. The molecule has 1 aliphatic heterocycles. The van der Waals surface area contributed by atoms with Crippen LogP contribution in [0, 0.1) is 0 Å². The van der Waals surface area contributed by atoms with Crippen molar-refractivity contribution in [2.75, 3.05) is 20.1 Å². The summed E-state index contributed by atoms with van der Waals surface area (Å²) in [6.45, 7) is 5.09. The molecular formula is C12H24N2O2. The van der Waals surface area contributed by atoms with Crippen LogP contribution in [0.3, 0.4) is 0 Å². The van der Waals surface area contributed by atoms with E-state index in [0.717, 1.165) is 32.2 Å². The number of carbonyl (C=O) groups is 1. The van der Waals surface area contributed by atoms with E-state index < -0.39 is 5.60 Å². The predicted molar refractivity (Wildman–Crippen MR) is 64.2 cm³/mol. The van der Waals surface area contributed by atoms with Crippen molar-refractivity contribution >= 4 is 5.91 Å². The van der Waals surface area contributed by atoms with Gasteiger partial charge < -0.3 is 15.3 Å². The van der Waals surface area contributed by atoms with Crippen molar-refractivity contribution in [2.45, 2.75) is 51.2 Å².